The molecule has 2 N–H and O–H groups in total. The molecule has 0 saturated carbocycles. The van der Waals surface area contributed by atoms with E-state index in [0.29, 0.717) is 29.8 Å². The Morgan fingerprint density at radius 1 is 1.19 bits per heavy atom. The molecular weight excluding hydrogens is 539 g/mol. The minimum Gasteiger partial charge on any atom is -0.496 e. The number of nitrogens with one attached hydrogen (secondary N) is 1. The molecule has 1 aromatic heterocycles. The molecule has 0 unspecified atom stereocenters. The Bertz CT molecular complexity index is 1280. The first-order valence-electron chi connectivity index (χ1n) is 11.3. The summed E-state index contributed by atoms with van der Waals surface area (Å²) in [7, 11) is 2.82. The zero-order valence-corrected chi connectivity index (χ0v) is 22.8. The number of carboxylic acids is 1. The average Bonchev–Trinajstić information content (AvgIpc) is 3.34. The third kappa shape index (κ3) is 7.23. The van der Waals surface area contributed by atoms with Gasteiger partial charge in [0, 0.05) is 34.2 Å². The zero-order valence-electron chi connectivity index (χ0n) is 20.5. The highest BCUT2D eigenvalue weighted by Crippen LogP contribution is 2.35. The topological polar surface area (TPSA) is 107 Å². The molecule has 2 aromatic carbocycles. The quantitative estimate of drug-likeness (QED) is 0.142. The van der Waals surface area contributed by atoms with E-state index in [1.165, 1.54) is 36.7 Å². The smallest absolute Gasteiger partial charge is 0.371 e. The van der Waals surface area contributed by atoms with E-state index in [4.69, 9.17) is 42.5 Å². The lowest BCUT2D eigenvalue weighted by Crippen LogP contribution is -2.12. The number of para-hydroxylation sites is 1. The molecule has 0 fully saturated rings. The van der Waals surface area contributed by atoms with Crippen LogP contribution >= 0.6 is 34.5 Å². The predicted octanol–water partition coefficient (Wildman–Crippen LogP) is 6.77. The summed E-state index contributed by atoms with van der Waals surface area (Å²) in [6.45, 7) is 3.21. The van der Waals surface area contributed by atoms with Crippen molar-refractivity contribution in [2.24, 2.45) is 0 Å². The number of carbonyl (C=O) groups excluding carboxylic acids is 1. The molecule has 11 heteroatoms. The van der Waals surface area contributed by atoms with Crippen molar-refractivity contribution in [3.63, 3.8) is 0 Å². The fraction of sp³-hybridized carbons (Fsp3) is 0.269. The highest BCUT2D eigenvalue weighted by atomic mass is 35.5. The lowest BCUT2D eigenvalue weighted by molar-refractivity contribution is -0.135. The molecule has 0 radical (unpaired) electrons. The van der Waals surface area contributed by atoms with Crippen molar-refractivity contribution in [1.82, 2.24) is 4.98 Å². The molecule has 0 saturated heterocycles. The Morgan fingerprint density at radius 3 is 2.54 bits per heavy atom. The molecule has 0 atom stereocenters. The highest BCUT2D eigenvalue weighted by Gasteiger charge is 2.18. The second kappa shape index (κ2) is 13.4. The van der Waals surface area contributed by atoms with Gasteiger partial charge in [0.15, 0.2) is 5.13 Å². The summed E-state index contributed by atoms with van der Waals surface area (Å²) >= 11 is 13.8. The van der Waals surface area contributed by atoms with E-state index >= 15 is 0 Å². The summed E-state index contributed by atoms with van der Waals surface area (Å²) in [5, 5.41) is 14.3. The first kappa shape index (κ1) is 28.5. The van der Waals surface area contributed by atoms with Crippen LogP contribution in [0.3, 0.4) is 0 Å². The number of aromatic nitrogens is 1. The van der Waals surface area contributed by atoms with Gasteiger partial charge in [0.2, 0.25) is 5.76 Å². The monoisotopic (exact) mass is 564 g/mol. The number of methoxy groups -OCH3 is 2. The summed E-state index contributed by atoms with van der Waals surface area (Å²) in [6, 6.07) is 8.54. The molecular formula is C26H26Cl2N2O6S. The molecule has 0 aliphatic carbocycles. The molecule has 1 heterocycles. The van der Waals surface area contributed by atoms with Crippen LogP contribution in [0.25, 0.3) is 17.3 Å². The van der Waals surface area contributed by atoms with Crippen LogP contribution in [0.4, 0.5) is 5.13 Å². The molecule has 196 valence electrons. The maximum absolute atomic E-state index is 12.9. The van der Waals surface area contributed by atoms with Crippen LogP contribution in [0.5, 0.6) is 5.75 Å². The lowest BCUT2D eigenvalue weighted by Gasteiger charge is -2.12. The minimum absolute atomic E-state index is 0.0935. The largest absolute Gasteiger partial charge is 0.496 e. The molecule has 3 rings (SSSR count). The first-order chi connectivity index (χ1) is 17.8. The van der Waals surface area contributed by atoms with Crippen molar-refractivity contribution < 1.29 is 28.9 Å². The Hall–Kier alpha value is -3.11. The number of rotatable bonds is 12. The van der Waals surface area contributed by atoms with Gasteiger partial charge in [-0.25, -0.2) is 9.78 Å². The molecule has 1 amide bonds. The Balaban J connectivity index is 1.79. The third-order valence-electron chi connectivity index (χ3n) is 5.25. The number of carbonyl (C=O) groups is 2. The Labute approximate surface area is 228 Å². The zero-order chi connectivity index (χ0) is 26.9. The fourth-order valence-electron chi connectivity index (χ4n) is 3.39. The van der Waals surface area contributed by atoms with E-state index in [9.17, 15) is 9.59 Å². The first-order valence-corrected chi connectivity index (χ1v) is 12.9. The number of nitrogens with zero attached hydrogens (tertiary/aromatic N) is 1. The SMILES string of the molecule is CCCCOCc1cccc(-c2csc(NC(=O)c3cc(Cl)c(/C=C(\OC)C(=O)O)c(Cl)c3)n2)c1OC. The maximum atomic E-state index is 12.9. The summed E-state index contributed by atoms with van der Waals surface area (Å²) < 4.78 is 16.2. The summed E-state index contributed by atoms with van der Waals surface area (Å²) in [6.07, 6.45) is 3.24. The fourth-order valence-corrected chi connectivity index (χ4v) is 4.69. The average molecular weight is 565 g/mol. The molecule has 8 nitrogen and oxygen atoms in total. The molecule has 37 heavy (non-hydrogen) atoms. The van der Waals surface area contributed by atoms with Gasteiger partial charge in [-0.1, -0.05) is 48.7 Å². The standard InChI is InChI=1S/C26H26Cl2N2O6S/c1-4-5-9-36-13-15-7-6-8-17(23(15)35-3)21-14-37-26(29-21)30-24(31)16-10-19(27)18(20(28)11-16)12-22(34-2)25(32)33/h6-8,10-12,14H,4-5,9,13H2,1-3H3,(H,32,33)(H,29,30,31)/b22-12-. The van der Waals surface area contributed by atoms with E-state index in [0.717, 1.165) is 24.0 Å². The van der Waals surface area contributed by atoms with Gasteiger partial charge < -0.3 is 19.3 Å². The lowest BCUT2D eigenvalue weighted by atomic mass is 10.1. The second-order valence-electron chi connectivity index (χ2n) is 7.77. The number of halogens is 2. The molecule has 0 aliphatic rings. The molecule has 0 aliphatic heterocycles. The van der Waals surface area contributed by atoms with Gasteiger partial charge in [-0.2, -0.15) is 0 Å². The number of hydrogen-bond acceptors (Lipinski definition) is 7. The van der Waals surface area contributed by atoms with E-state index in [1.54, 1.807) is 7.11 Å². The highest BCUT2D eigenvalue weighted by molar-refractivity contribution is 7.14. The number of anilines is 1. The van der Waals surface area contributed by atoms with Crippen molar-refractivity contribution >= 4 is 57.6 Å². The number of ether oxygens (including phenoxy) is 3. The Kier molecular flexibility index (Phi) is 10.3. The number of aliphatic carboxylic acids is 1. The summed E-state index contributed by atoms with van der Waals surface area (Å²) in [4.78, 5) is 28.6. The van der Waals surface area contributed by atoms with Crippen LogP contribution in [0.15, 0.2) is 41.5 Å². The third-order valence-corrected chi connectivity index (χ3v) is 6.63. The van der Waals surface area contributed by atoms with Gasteiger partial charge >= 0.3 is 5.97 Å². The van der Waals surface area contributed by atoms with Crippen LogP contribution in [0.2, 0.25) is 10.0 Å². The van der Waals surface area contributed by atoms with E-state index in [2.05, 4.69) is 17.2 Å². The molecule has 0 bridgehead atoms. The van der Waals surface area contributed by atoms with Crippen molar-refractivity contribution in [2.75, 3.05) is 26.1 Å². The molecule has 0 spiro atoms. The van der Waals surface area contributed by atoms with Crippen molar-refractivity contribution in [1.29, 1.82) is 0 Å². The van der Waals surface area contributed by atoms with Crippen LogP contribution in [0, 0.1) is 0 Å². The number of unbranched alkanes of at least 4 members (excludes halogenated alkanes) is 1. The second-order valence-corrected chi connectivity index (χ2v) is 9.44. The van der Waals surface area contributed by atoms with Crippen LogP contribution in [-0.4, -0.2) is 42.8 Å². The number of hydrogen-bond donors (Lipinski definition) is 2. The summed E-state index contributed by atoms with van der Waals surface area (Å²) in [5.74, 6) is -1.43. The van der Waals surface area contributed by atoms with Crippen LogP contribution in [-0.2, 0) is 20.9 Å². The van der Waals surface area contributed by atoms with Gasteiger partial charge in [0.25, 0.3) is 5.91 Å². The van der Waals surface area contributed by atoms with Gasteiger partial charge in [0.05, 0.1) is 36.6 Å². The number of benzene rings is 2. The number of carboxylic acid groups (broad SMARTS) is 1. The van der Waals surface area contributed by atoms with Gasteiger partial charge in [-0.3, -0.25) is 10.1 Å². The van der Waals surface area contributed by atoms with Crippen LogP contribution in [0.1, 0.15) is 41.3 Å². The number of amides is 1. The van der Waals surface area contributed by atoms with Crippen LogP contribution < -0.4 is 10.1 Å². The van der Waals surface area contributed by atoms with E-state index in [1.807, 2.05) is 23.6 Å². The predicted molar refractivity (Wildman–Crippen MR) is 146 cm³/mol. The van der Waals surface area contributed by atoms with Gasteiger partial charge in [-0.05, 0) is 30.7 Å². The Morgan fingerprint density at radius 2 is 1.92 bits per heavy atom. The minimum atomic E-state index is -1.28. The number of thiazole rings is 1. The maximum Gasteiger partial charge on any atom is 0.371 e. The normalized spacial score (nSPS) is 11.3. The summed E-state index contributed by atoms with van der Waals surface area (Å²) in [5.41, 5.74) is 2.74. The van der Waals surface area contributed by atoms with Crippen molar-refractivity contribution in [3.8, 4) is 17.0 Å². The van der Waals surface area contributed by atoms with Crippen molar-refractivity contribution in [3.05, 3.63) is 68.2 Å². The van der Waals surface area contributed by atoms with Gasteiger partial charge in [0.1, 0.15) is 5.75 Å². The van der Waals surface area contributed by atoms with E-state index < -0.39 is 11.9 Å². The van der Waals surface area contributed by atoms with Crippen molar-refractivity contribution in [2.45, 2.75) is 26.4 Å². The van der Waals surface area contributed by atoms with E-state index in [-0.39, 0.29) is 26.9 Å². The molecule has 3 aromatic rings. The van der Waals surface area contributed by atoms with Gasteiger partial charge in [-0.15, -0.1) is 11.3 Å².